The van der Waals surface area contributed by atoms with Gasteiger partial charge in [-0.3, -0.25) is 4.40 Å². The van der Waals surface area contributed by atoms with Gasteiger partial charge in [-0.05, 0) is 25.5 Å². The van der Waals surface area contributed by atoms with Gasteiger partial charge in [-0.15, -0.1) is 0 Å². The molecule has 0 fully saturated rings. The molecule has 5 heteroatoms. The smallest absolute Gasteiger partial charge is 0.169 e. The van der Waals surface area contributed by atoms with Crippen LogP contribution in [-0.4, -0.2) is 25.9 Å². The highest BCUT2D eigenvalue weighted by Gasteiger charge is 2.17. The van der Waals surface area contributed by atoms with Crippen molar-refractivity contribution in [3.63, 3.8) is 0 Å². The molecule has 29 heavy (non-hydrogen) atoms. The Morgan fingerprint density at radius 1 is 0.966 bits per heavy atom. The predicted octanol–water partition coefficient (Wildman–Crippen LogP) is 5.62. The van der Waals surface area contributed by atoms with Crippen molar-refractivity contribution in [2.75, 3.05) is 11.9 Å². The summed E-state index contributed by atoms with van der Waals surface area (Å²) in [5.41, 5.74) is 7.08. The molecule has 144 valence electrons. The van der Waals surface area contributed by atoms with E-state index in [4.69, 9.17) is 4.98 Å². The van der Waals surface area contributed by atoms with Gasteiger partial charge in [0, 0.05) is 17.5 Å². The maximum atomic E-state index is 5.07. The van der Waals surface area contributed by atoms with E-state index in [1.54, 1.807) is 6.33 Å². The molecule has 0 spiro atoms. The topological polar surface area (TPSA) is 55.1 Å². The van der Waals surface area contributed by atoms with Gasteiger partial charge in [-0.25, -0.2) is 15.0 Å². The molecule has 0 amide bonds. The number of nitrogens with zero attached hydrogens (tertiary/aromatic N) is 4. The number of nitrogens with one attached hydrogen (secondary N) is 1. The van der Waals surface area contributed by atoms with Crippen LogP contribution in [0.15, 0.2) is 60.9 Å². The summed E-state index contributed by atoms with van der Waals surface area (Å²) in [7, 11) is 0. The molecule has 0 aliphatic carbocycles. The van der Waals surface area contributed by atoms with E-state index in [1.807, 2.05) is 0 Å². The van der Waals surface area contributed by atoms with Gasteiger partial charge < -0.3 is 5.32 Å². The van der Waals surface area contributed by atoms with Crippen molar-refractivity contribution < 1.29 is 0 Å². The molecule has 0 radical (unpaired) electrons. The van der Waals surface area contributed by atoms with Crippen LogP contribution >= 0.6 is 0 Å². The summed E-state index contributed by atoms with van der Waals surface area (Å²) in [6.45, 7) is 5.15. The van der Waals surface area contributed by atoms with Gasteiger partial charge in [0.25, 0.3) is 0 Å². The quantitative estimate of drug-likeness (QED) is 0.402. The first-order chi connectivity index (χ1) is 14.3. The van der Waals surface area contributed by atoms with Crippen LogP contribution in [0.25, 0.3) is 38.8 Å². The van der Waals surface area contributed by atoms with Gasteiger partial charge in [-0.2, -0.15) is 0 Å². The number of para-hydroxylation sites is 1. The van der Waals surface area contributed by atoms with Crippen molar-refractivity contribution >= 4 is 33.4 Å². The fraction of sp³-hybridized carbons (Fsp3) is 0.208. The summed E-state index contributed by atoms with van der Waals surface area (Å²) in [4.78, 5) is 14.2. The molecule has 0 saturated heterocycles. The number of aromatic nitrogens is 4. The lowest BCUT2D eigenvalue weighted by Gasteiger charge is -2.12. The number of hydrogen-bond donors (Lipinski definition) is 1. The number of aryl methyl sites for hydroxylation is 1. The van der Waals surface area contributed by atoms with Crippen molar-refractivity contribution in [3.05, 3.63) is 66.5 Å². The highest BCUT2D eigenvalue weighted by molar-refractivity contribution is 5.99. The lowest BCUT2D eigenvalue weighted by atomic mass is 10.1. The summed E-state index contributed by atoms with van der Waals surface area (Å²) in [5, 5.41) is 4.63. The fourth-order valence-electron chi connectivity index (χ4n) is 3.80. The average molecular weight is 381 g/mol. The molecule has 5 nitrogen and oxygen atoms in total. The third-order valence-corrected chi connectivity index (χ3v) is 5.34. The van der Waals surface area contributed by atoms with Crippen molar-refractivity contribution in [2.24, 2.45) is 0 Å². The van der Waals surface area contributed by atoms with Crippen molar-refractivity contribution in [2.45, 2.75) is 26.7 Å². The maximum Gasteiger partial charge on any atom is 0.169 e. The Bertz CT molecular complexity index is 1320. The monoisotopic (exact) mass is 381 g/mol. The van der Waals surface area contributed by atoms with Gasteiger partial charge in [0.2, 0.25) is 0 Å². The van der Waals surface area contributed by atoms with E-state index < -0.39 is 0 Å². The number of unbranched alkanes of at least 4 members (excludes halogenated alkanes) is 1. The van der Waals surface area contributed by atoms with Gasteiger partial charge >= 0.3 is 0 Å². The second-order valence-electron chi connectivity index (χ2n) is 7.43. The van der Waals surface area contributed by atoms with Crippen LogP contribution in [0, 0.1) is 6.92 Å². The SMILES string of the molecule is CCCCNc1ncnc2c1nc(-c1ccc(C)cc1)c1cc3ccccc3n12. The third-order valence-electron chi connectivity index (χ3n) is 5.34. The van der Waals surface area contributed by atoms with E-state index >= 15 is 0 Å². The van der Waals surface area contributed by atoms with E-state index in [-0.39, 0.29) is 0 Å². The molecule has 5 aromatic rings. The van der Waals surface area contributed by atoms with Crippen LogP contribution in [0.4, 0.5) is 5.82 Å². The molecule has 5 rings (SSSR count). The minimum absolute atomic E-state index is 0.788. The summed E-state index contributed by atoms with van der Waals surface area (Å²) < 4.78 is 2.21. The zero-order chi connectivity index (χ0) is 19.8. The first kappa shape index (κ1) is 17.6. The molecule has 0 atom stereocenters. The Kier molecular flexibility index (Phi) is 4.35. The summed E-state index contributed by atoms with van der Waals surface area (Å²) in [6, 6.07) is 19.1. The first-order valence-electron chi connectivity index (χ1n) is 10.1. The molecular weight excluding hydrogens is 358 g/mol. The lowest BCUT2D eigenvalue weighted by molar-refractivity contribution is 0.831. The Morgan fingerprint density at radius 2 is 1.79 bits per heavy atom. The van der Waals surface area contributed by atoms with Crippen LogP contribution in [-0.2, 0) is 0 Å². The van der Waals surface area contributed by atoms with Crippen LogP contribution < -0.4 is 5.32 Å². The molecular formula is C24H23N5. The largest absolute Gasteiger partial charge is 0.368 e. The van der Waals surface area contributed by atoms with Crippen molar-refractivity contribution in [3.8, 4) is 11.3 Å². The Labute approximate surface area is 169 Å². The highest BCUT2D eigenvalue weighted by atomic mass is 15.1. The van der Waals surface area contributed by atoms with Crippen LogP contribution in [0.2, 0.25) is 0 Å². The second kappa shape index (κ2) is 7.17. The summed E-state index contributed by atoms with van der Waals surface area (Å²) in [6.07, 6.45) is 3.84. The highest BCUT2D eigenvalue weighted by Crippen LogP contribution is 2.32. The Balaban J connectivity index is 1.86. The second-order valence-corrected chi connectivity index (χ2v) is 7.43. The molecule has 0 aliphatic heterocycles. The number of benzene rings is 2. The Hall–Kier alpha value is -3.47. The van der Waals surface area contributed by atoms with Crippen molar-refractivity contribution in [1.82, 2.24) is 19.4 Å². The molecule has 3 heterocycles. The number of hydrogen-bond acceptors (Lipinski definition) is 4. The number of anilines is 1. The molecule has 0 aliphatic rings. The van der Waals surface area contributed by atoms with Crippen LogP contribution in [0.5, 0.6) is 0 Å². The lowest BCUT2D eigenvalue weighted by Crippen LogP contribution is -2.07. The molecule has 0 unspecified atom stereocenters. The third kappa shape index (κ3) is 2.99. The summed E-state index contributed by atoms with van der Waals surface area (Å²) >= 11 is 0. The molecule has 1 N–H and O–H groups in total. The average Bonchev–Trinajstić information content (AvgIpc) is 3.14. The van der Waals surface area contributed by atoms with Crippen LogP contribution in [0.3, 0.4) is 0 Å². The summed E-state index contributed by atoms with van der Waals surface area (Å²) in [5.74, 6) is 0.788. The molecule has 0 saturated carbocycles. The van der Waals surface area contributed by atoms with E-state index in [9.17, 15) is 0 Å². The number of rotatable bonds is 5. The van der Waals surface area contributed by atoms with Crippen LogP contribution in [0.1, 0.15) is 25.3 Å². The molecule has 0 bridgehead atoms. The van der Waals surface area contributed by atoms with Gasteiger partial charge in [0.1, 0.15) is 11.8 Å². The minimum Gasteiger partial charge on any atom is -0.368 e. The van der Waals surface area contributed by atoms with E-state index in [0.29, 0.717) is 0 Å². The zero-order valence-corrected chi connectivity index (χ0v) is 16.7. The maximum absolute atomic E-state index is 5.07. The first-order valence-corrected chi connectivity index (χ1v) is 10.1. The van der Waals surface area contributed by atoms with Gasteiger partial charge in [0.05, 0.1) is 16.7 Å². The zero-order valence-electron chi connectivity index (χ0n) is 16.7. The molecule has 3 aromatic heterocycles. The van der Waals surface area contributed by atoms with E-state index in [1.165, 1.54) is 10.9 Å². The number of fused-ring (bicyclic) bond motifs is 5. The van der Waals surface area contributed by atoms with E-state index in [0.717, 1.165) is 58.7 Å². The molecule has 2 aromatic carbocycles. The Morgan fingerprint density at radius 3 is 2.62 bits per heavy atom. The normalized spacial score (nSPS) is 11.5. The van der Waals surface area contributed by atoms with E-state index in [2.05, 4.69) is 88.1 Å². The standard InChI is InChI=1S/C24H23N5/c1-3-4-13-25-23-22-24(27-15-26-23)29-19-8-6-5-7-18(19)14-20(29)21(28-22)17-11-9-16(2)10-12-17/h5-12,14-15H,3-4,13H2,1-2H3,(H,25,26,27). The predicted molar refractivity (Wildman–Crippen MR) is 119 cm³/mol. The van der Waals surface area contributed by atoms with Gasteiger partial charge in [0.15, 0.2) is 11.5 Å². The minimum atomic E-state index is 0.788. The van der Waals surface area contributed by atoms with Gasteiger partial charge in [-0.1, -0.05) is 61.4 Å². The van der Waals surface area contributed by atoms with Crippen molar-refractivity contribution in [1.29, 1.82) is 0 Å². The fourth-order valence-corrected chi connectivity index (χ4v) is 3.80.